The molecular formula is C28H26N4O3. The van der Waals surface area contributed by atoms with Gasteiger partial charge in [0.2, 0.25) is 0 Å². The number of nitrogens with zero attached hydrogens (tertiary/aromatic N) is 2. The summed E-state index contributed by atoms with van der Waals surface area (Å²) < 4.78 is 11.8. The standard InChI is InChI=1S/C28H26N4O3/c33-17-23-13-22(7-10-29-23)31-21-5-6-26-27(14-21)35-28(20-9-12-34-18-20)16-32(26)11-8-19-15-30-25-4-2-1-3-24(19)25/h1-7,9-10,12-15,18,28,30,33H,8,11,16-17H2,(H,29,31). The van der Waals surface area contributed by atoms with Gasteiger partial charge in [-0.1, -0.05) is 18.2 Å². The molecule has 0 spiro atoms. The molecule has 6 rings (SSSR count). The van der Waals surface area contributed by atoms with Gasteiger partial charge in [0.1, 0.15) is 11.9 Å². The van der Waals surface area contributed by atoms with Crippen molar-refractivity contribution in [2.45, 2.75) is 19.1 Å². The maximum Gasteiger partial charge on any atom is 0.145 e. The number of ether oxygens (including phenoxy) is 1. The summed E-state index contributed by atoms with van der Waals surface area (Å²) in [5, 5.41) is 14.1. The molecule has 1 atom stereocenters. The van der Waals surface area contributed by atoms with Gasteiger partial charge < -0.3 is 29.5 Å². The van der Waals surface area contributed by atoms with E-state index in [1.807, 2.05) is 24.3 Å². The number of aliphatic hydroxyl groups is 1. The number of aliphatic hydroxyl groups excluding tert-OH is 1. The molecule has 3 aromatic heterocycles. The fourth-order valence-electron chi connectivity index (χ4n) is 4.68. The summed E-state index contributed by atoms with van der Waals surface area (Å²) in [6, 6.07) is 20.3. The van der Waals surface area contributed by atoms with E-state index in [1.54, 1.807) is 18.7 Å². The molecule has 1 unspecified atom stereocenters. The van der Waals surface area contributed by atoms with E-state index >= 15 is 0 Å². The molecule has 35 heavy (non-hydrogen) atoms. The average Bonchev–Trinajstić information content (AvgIpc) is 3.58. The minimum atomic E-state index is -0.124. The Labute approximate surface area is 203 Å². The quantitative estimate of drug-likeness (QED) is 0.291. The summed E-state index contributed by atoms with van der Waals surface area (Å²) in [5.74, 6) is 0.822. The Kier molecular flexibility index (Phi) is 5.60. The maximum absolute atomic E-state index is 9.39. The van der Waals surface area contributed by atoms with Crippen LogP contribution >= 0.6 is 0 Å². The van der Waals surface area contributed by atoms with Gasteiger partial charge >= 0.3 is 0 Å². The molecule has 5 aromatic rings. The topological polar surface area (TPSA) is 86.5 Å². The van der Waals surface area contributed by atoms with E-state index in [4.69, 9.17) is 9.15 Å². The number of hydrogen-bond acceptors (Lipinski definition) is 6. The molecule has 0 bridgehead atoms. The number of nitrogens with one attached hydrogen (secondary N) is 2. The van der Waals surface area contributed by atoms with Crippen molar-refractivity contribution in [3.63, 3.8) is 0 Å². The second-order valence-corrected chi connectivity index (χ2v) is 8.72. The number of para-hydroxylation sites is 1. The van der Waals surface area contributed by atoms with Crippen molar-refractivity contribution >= 4 is 28.0 Å². The van der Waals surface area contributed by atoms with E-state index in [0.717, 1.165) is 53.4 Å². The van der Waals surface area contributed by atoms with Crippen LogP contribution in [0.4, 0.5) is 17.1 Å². The van der Waals surface area contributed by atoms with Gasteiger partial charge in [0.05, 0.1) is 37.1 Å². The van der Waals surface area contributed by atoms with Gasteiger partial charge in [0.15, 0.2) is 0 Å². The van der Waals surface area contributed by atoms with E-state index in [9.17, 15) is 5.11 Å². The lowest BCUT2D eigenvalue weighted by Crippen LogP contribution is -2.36. The minimum absolute atomic E-state index is 0.0966. The largest absolute Gasteiger partial charge is 0.481 e. The molecule has 0 saturated carbocycles. The molecule has 1 aliphatic heterocycles. The number of H-pyrrole nitrogens is 1. The minimum Gasteiger partial charge on any atom is -0.481 e. The number of anilines is 3. The molecule has 7 nitrogen and oxygen atoms in total. The highest BCUT2D eigenvalue weighted by molar-refractivity contribution is 5.83. The summed E-state index contributed by atoms with van der Waals surface area (Å²) in [6.07, 6.45) is 8.03. The van der Waals surface area contributed by atoms with Crippen molar-refractivity contribution in [2.75, 3.05) is 23.3 Å². The first-order valence-corrected chi connectivity index (χ1v) is 11.7. The number of furan rings is 1. The monoisotopic (exact) mass is 466 g/mol. The Hall–Kier alpha value is -4.23. The molecule has 0 saturated heterocycles. The normalized spacial score (nSPS) is 15.1. The molecule has 0 amide bonds. The van der Waals surface area contributed by atoms with Crippen molar-refractivity contribution < 1.29 is 14.3 Å². The number of hydrogen-bond donors (Lipinski definition) is 3. The smallest absolute Gasteiger partial charge is 0.145 e. The first-order valence-electron chi connectivity index (χ1n) is 11.7. The van der Waals surface area contributed by atoms with Crippen molar-refractivity contribution in [3.05, 3.63) is 102 Å². The third kappa shape index (κ3) is 4.34. The van der Waals surface area contributed by atoms with Gasteiger partial charge in [-0.05, 0) is 48.4 Å². The predicted octanol–water partition coefficient (Wildman–Crippen LogP) is 5.57. The Morgan fingerprint density at radius 3 is 2.89 bits per heavy atom. The SMILES string of the molecule is OCc1cc(Nc2ccc3c(c2)OC(c2ccoc2)CN3CCc2c[nH]c3ccccc23)ccn1. The van der Waals surface area contributed by atoms with Crippen LogP contribution in [0.1, 0.15) is 22.9 Å². The van der Waals surface area contributed by atoms with Crippen LogP contribution in [0, 0.1) is 0 Å². The molecule has 4 heterocycles. The average molecular weight is 467 g/mol. The lowest BCUT2D eigenvalue weighted by Gasteiger charge is -2.36. The number of fused-ring (bicyclic) bond motifs is 2. The van der Waals surface area contributed by atoms with Crippen LogP contribution in [-0.2, 0) is 13.0 Å². The highest BCUT2D eigenvalue weighted by Crippen LogP contribution is 2.40. The Morgan fingerprint density at radius 1 is 1.09 bits per heavy atom. The van der Waals surface area contributed by atoms with Crippen LogP contribution in [0.15, 0.2) is 90.0 Å². The highest BCUT2D eigenvalue weighted by atomic mass is 16.5. The fraction of sp³-hybridized carbons (Fsp3) is 0.179. The van der Waals surface area contributed by atoms with Gasteiger partial charge in [-0.2, -0.15) is 0 Å². The van der Waals surface area contributed by atoms with Crippen molar-refractivity contribution in [3.8, 4) is 5.75 Å². The number of pyridine rings is 1. The third-order valence-corrected chi connectivity index (χ3v) is 6.46. The van der Waals surface area contributed by atoms with Crippen LogP contribution in [0.5, 0.6) is 5.75 Å². The molecule has 2 aromatic carbocycles. The summed E-state index contributed by atoms with van der Waals surface area (Å²) in [5.41, 5.74) is 6.95. The van der Waals surface area contributed by atoms with Crippen molar-refractivity contribution in [1.82, 2.24) is 9.97 Å². The van der Waals surface area contributed by atoms with Gasteiger partial charge in [-0.15, -0.1) is 0 Å². The van der Waals surface area contributed by atoms with Gasteiger partial charge in [-0.3, -0.25) is 4.98 Å². The van der Waals surface area contributed by atoms with E-state index < -0.39 is 0 Å². The first-order chi connectivity index (χ1) is 17.3. The van der Waals surface area contributed by atoms with Crippen LogP contribution in [0.2, 0.25) is 0 Å². The van der Waals surface area contributed by atoms with Crippen LogP contribution in [-0.4, -0.2) is 28.2 Å². The fourth-order valence-corrected chi connectivity index (χ4v) is 4.68. The Bertz CT molecular complexity index is 1440. The predicted molar refractivity (Wildman–Crippen MR) is 136 cm³/mol. The zero-order chi connectivity index (χ0) is 23.6. The van der Waals surface area contributed by atoms with E-state index in [-0.39, 0.29) is 12.7 Å². The number of benzene rings is 2. The number of aromatic nitrogens is 2. The van der Waals surface area contributed by atoms with E-state index in [1.165, 1.54) is 10.9 Å². The summed E-state index contributed by atoms with van der Waals surface area (Å²) in [6.45, 7) is 1.51. The van der Waals surface area contributed by atoms with Crippen molar-refractivity contribution in [2.24, 2.45) is 0 Å². The summed E-state index contributed by atoms with van der Waals surface area (Å²) in [7, 11) is 0. The Morgan fingerprint density at radius 2 is 2.00 bits per heavy atom. The highest BCUT2D eigenvalue weighted by Gasteiger charge is 2.28. The molecular weight excluding hydrogens is 440 g/mol. The number of aromatic amines is 1. The van der Waals surface area contributed by atoms with Gasteiger partial charge in [-0.25, -0.2) is 0 Å². The van der Waals surface area contributed by atoms with Crippen LogP contribution in [0.3, 0.4) is 0 Å². The van der Waals surface area contributed by atoms with Crippen LogP contribution < -0.4 is 15.0 Å². The number of rotatable bonds is 7. The second-order valence-electron chi connectivity index (χ2n) is 8.72. The maximum atomic E-state index is 9.39. The molecule has 0 radical (unpaired) electrons. The molecule has 0 aliphatic carbocycles. The lowest BCUT2D eigenvalue weighted by molar-refractivity contribution is 0.196. The molecule has 1 aliphatic rings. The van der Waals surface area contributed by atoms with Gasteiger partial charge in [0, 0.05) is 52.8 Å². The summed E-state index contributed by atoms with van der Waals surface area (Å²) >= 11 is 0. The second kappa shape index (κ2) is 9.19. The zero-order valence-electron chi connectivity index (χ0n) is 19.1. The molecule has 3 N–H and O–H groups in total. The van der Waals surface area contributed by atoms with Gasteiger partial charge in [0.25, 0.3) is 0 Å². The third-order valence-electron chi connectivity index (χ3n) is 6.46. The molecule has 176 valence electrons. The van der Waals surface area contributed by atoms with E-state index in [2.05, 4.69) is 62.8 Å². The molecule has 7 heteroatoms. The lowest BCUT2D eigenvalue weighted by atomic mass is 10.1. The van der Waals surface area contributed by atoms with E-state index in [0.29, 0.717) is 5.69 Å². The Balaban J connectivity index is 1.28. The first kappa shape index (κ1) is 21.3. The molecule has 0 fully saturated rings. The summed E-state index contributed by atoms with van der Waals surface area (Å²) in [4.78, 5) is 9.91. The zero-order valence-corrected chi connectivity index (χ0v) is 19.1. The van der Waals surface area contributed by atoms with Crippen molar-refractivity contribution in [1.29, 1.82) is 0 Å². The van der Waals surface area contributed by atoms with Crippen LogP contribution in [0.25, 0.3) is 10.9 Å².